The van der Waals surface area contributed by atoms with Gasteiger partial charge in [-0.25, -0.2) is 4.79 Å². The van der Waals surface area contributed by atoms with Crippen LogP contribution < -0.4 is 10.6 Å². The van der Waals surface area contributed by atoms with Crippen LogP contribution in [0.4, 0.5) is 10.5 Å². The van der Waals surface area contributed by atoms with Gasteiger partial charge in [0.1, 0.15) is 11.6 Å². The summed E-state index contributed by atoms with van der Waals surface area (Å²) in [5.41, 5.74) is 0.898. The molecular formula is C15H21ClN2O3. The quantitative estimate of drug-likeness (QED) is 0.897. The molecule has 5 nitrogen and oxygen atoms in total. The lowest BCUT2D eigenvalue weighted by Gasteiger charge is -2.21. The average molecular weight is 313 g/mol. The van der Waals surface area contributed by atoms with Crippen LogP contribution in [0.25, 0.3) is 0 Å². The summed E-state index contributed by atoms with van der Waals surface area (Å²) >= 11 is 5.86. The average Bonchev–Trinajstić information content (AvgIpc) is 2.29. The standard InChI is InChI=1S/C15H21ClN2O3/c1-9-8-11(16)6-7-12(9)18-13(19)10(2)17-14(20)21-15(3,4)5/h6-8,10H,1-5H3,(H,17,20)(H,18,19)/t10-/m0/s1. The first-order valence-electron chi connectivity index (χ1n) is 6.65. The van der Waals surface area contributed by atoms with Crippen LogP contribution in [0.1, 0.15) is 33.3 Å². The number of ether oxygens (including phenoxy) is 1. The fourth-order valence-electron chi connectivity index (χ4n) is 1.56. The minimum atomic E-state index is -0.713. The molecule has 1 atom stereocenters. The third kappa shape index (κ3) is 6.04. The van der Waals surface area contributed by atoms with Crippen LogP contribution in [0.2, 0.25) is 5.02 Å². The molecule has 116 valence electrons. The first-order chi connectivity index (χ1) is 9.58. The van der Waals surface area contributed by atoms with Gasteiger partial charge in [-0.15, -0.1) is 0 Å². The van der Waals surface area contributed by atoms with Gasteiger partial charge in [0.15, 0.2) is 0 Å². The second-order valence-corrected chi connectivity index (χ2v) is 6.25. The van der Waals surface area contributed by atoms with E-state index in [9.17, 15) is 9.59 Å². The smallest absolute Gasteiger partial charge is 0.408 e. The zero-order valence-corrected chi connectivity index (χ0v) is 13.7. The number of carbonyl (C=O) groups is 2. The molecule has 0 unspecified atom stereocenters. The Labute approximate surface area is 130 Å². The van der Waals surface area contributed by atoms with E-state index in [1.54, 1.807) is 45.9 Å². The van der Waals surface area contributed by atoms with E-state index in [0.29, 0.717) is 10.7 Å². The van der Waals surface area contributed by atoms with E-state index in [2.05, 4.69) is 10.6 Å². The molecule has 0 aromatic heterocycles. The number of hydrogen-bond donors (Lipinski definition) is 2. The van der Waals surface area contributed by atoms with Crippen molar-refractivity contribution < 1.29 is 14.3 Å². The number of rotatable bonds is 3. The van der Waals surface area contributed by atoms with E-state index >= 15 is 0 Å². The Bertz CT molecular complexity index is 538. The molecule has 1 aromatic carbocycles. The van der Waals surface area contributed by atoms with Gasteiger partial charge in [0.05, 0.1) is 0 Å². The van der Waals surface area contributed by atoms with Crippen molar-refractivity contribution in [3.8, 4) is 0 Å². The predicted molar refractivity (Wildman–Crippen MR) is 83.7 cm³/mol. The summed E-state index contributed by atoms with van der Waals surface area (Å²) in [6.07, 6.45) is -0.627. The third-order valence-electron chi connectivity index (χ3n) is 2.57. The molecule has 0 fully saturated rings. The van der Waals surface area contributed by atoms with Crippen LogP contribution in [0.15, 0.2) is 18.2 Å². The lowest BCUT2D eigenvalue weighted by molar-refractivity contribution is -0.117. The molecule has 0 spiro atoms. The Kier molecular flexibility index (Phi) is 5.61. The lowest BCUT2D eigenvalue weighted by Crippen LogP contribution is -2.44. The number of halogens is 1. The molecule has 0 saturated carbocycles. The van der Waals surface area contributed by atoms with Crippen LogP contribution >= 0.6 is 11.6 Å². The van der Waals surface area contributed by atoms with E-state index < -0.39 is 17.7 Å². The number of nitrogens with one attached hydrogen (secondary N) is 2. The summed E-state index contributed by atoms with van der Waals surface area (Å²) < 4.78 is 5.10. The Morgan fingerprint density at radius 3 is 2.43 bits per heavy atom. The molecule has 0 aliphatic carbocycles. The van der Waals surface area contributed by atoms with Crippen molar-refractivity contribution in [1.82, 2.24) is 5.32 Å². The van der Waals surface area contributed by atoms with E-state index in [0.717, 1.165) is 5.56 Å². The van der Waals surface area contributed by atoms with E-state index in [-0.39, 0.29) is 5.91 Å². The Balaban J connectivity index is 2.61. The SMILES string of the molecule is Cc1cc(Cl)ccc1NC(=O)[C@H](C)NC(=O)OC(C)(C)C. The van der Waals surface area contributed by atoms with Crippen LogP contribution in [0, 0.1) is 6.92 Å². The molecule has 21 heavy (non-hydrogen) atoms. The van der Waals surface area contributed by atoms with Crippen molar-refractivity contribution in [2.45, 2.75) is 46.3 Å². The highest BCUT2D eigenvalue weighted by molar-refractivity contribution is 6.30. The van der Waals surface area contributed by atoms with Gasteiger partial charge < -0.3 is 15.4 Å². The molecule has 0 aliphatic heterocycles. The summed E-state index contributed by atoms with van der Waals surface area (Å²) in [6.45, 7) is 8.70. The Morgan fingerprint density at radius 2 is 1.90 bits per heavy atom. The van der Waals surface area contributed by atoms with Crippen molar-refractivity contribution in [2.75, 3.05) is 5.32 Å². The monoisotopic (exact) mass is 312 g/mol. The van der Waals surface area contributed by atoms with Gasteiger partial charge in [-0.05, 0) is 58.4 Å². The van der Waals surface area contributed by atoms with Crippen LogP contribution in [-0.4, -0.2) is 23.6 Å². The van der Waals surface area contributed by atoms with Crippen LogP contribution in [0.5, 0.6) is 0 Å². The lowest BCUT2D eigenvalue weighted by atomic mass is 10.2. The van der Waals surface area contributed by atoms with Gasteiger partial charge in [0.2, 0.25) is 5.91 Å². The maximum absolute atomic E-state index is 12.0. The number of benzene rings is 1. The molecule has 0 heterocycles. The zero-order chi connectivity index (χ0) is 16.2. The fraction of sp³-hybridized carbons (Fsp3) is 0.467. The van der Waals surface area contributed by atoms with Crippen molar-refractivity contribution in [1.29, 1.82) is 0 Å². The molecule has 2 amide bonds. The molecule has 0 saturated heterocycles. The van der Waals surface area contributed by atoms with Gasteiger partial charge in [-0.1, -0.05) is 11.6 Å². The molecule has 0 aliphatic rings. The number of aryl methyl sites for hydroxylation is 1. The summed E-state index contributed by atoms with van der Waals surface area (Å²) in [4.78, 5) is 23.6. The van der Waals surface area contributed by atoms with E-state index in [1.807, 2.05) is 6.92 Å². The second kappa shape index (κ2) is 6.80. The van der Waals surface area contributed by atoms with Crippen molar-refractivity contribution in [3.05, 3.63) is 28.8 Å². The summed E-state index contributed by atoms with van der Waals surface area (Å²) in [5, 5.41) is 5.83. The van der Waals surface area contributed by atoms with E-state index in [1.165, 1.54) is 0 Å². The zero-order valence-electron chi connectivity index (χ0n) is 12.9. The van der Waals surface area contributed by atoms with Gasteiger partial charge in [0, 0.05) is 10.7 Å². The highest BCUT2D eigenvalue weighted by Gasteiger charge is 2.21. The summed E-state index contributed by atoms with van der Waals surface area (Å²) in [5.74, 6) is -0.328. The highest BCUT2D eigenvalue weighted by atomic mass is 35.5. The first kappa shape index (κ1) is 17.3. The van der Waals surface area contributed by atoms with E-state index in [4.69, 9.17) is 16.3 Å². The summed E-state index contributed by atoms with van der Waals surface area (Å²) in [7, 11) is 0. The molecule has 6 heteroatoms. The van der Waals surface area contributed by atoms with Gasteiger partial charge in [0.25, 0.3) is 0 Å². The number of anilines is 1. The second-order valence-electron chi connectivity index (χ2n) is 5.82. The molecule has 2 N–H and O–H groups in total. The molecular weight excluding hydrogens is 292 g/mol. The van der Waals surface area contributed by atoms with Gasteiger partial charge in [-0.3, -0.25) is 4.79 Å². The molecule has 0 radical (unpaired) electrons. The van der Waals surface area contributed by atoms with Gasteiger partial charge in [-0.2, -0.15) is 0 Å². The minimum absolute atomic E-state index is 0.328. The first-order valence-corrected chi connectivity index (χ1v) is 7.03. The maximum atomic E-state index is 12.0. The summed E-state index contributed by atoms with van der Waals surface area (Å²) in [6, 6.07) is 4.45. The number of amides is 2. The molecule has 1 aromatic rings. The topological polar surface area (TPSA) is 67.4 Å². The van der Waals surface area contributed by atoms with Crippen molar-refractivity contribution >= 4 is 29.3 Å². The van der Waals surface area contributed by atoms with Crippen LogP contribution in [0.3, 0.4) is 0 Å². The minimum Gasteiger partial charge on any atom is -0.444 e. The Morgan fingerprint density at radius 1 is 1.29 bits per heavy atom. The van der Waals surface area contributed by atoms with Crippen LogP contribution in [-0.2, 0) is 9.53 Å². The van der Waals surface area contributed by atoms with Gasteiger partial charge >= 0.3 is 6.09 Å². The predicted octanol–water partition coefficient (Wildman–Crippen LogP) is 3.50. The maximum Gasteiger partial charge on any atom is 0.408 e. The Hall–Kier alpha value is -1.75. The number of alkyl carbamates (subject to hydrolysis) is 1. The number of carbonyl (C=O) groups excluding carboxylic acids is 2. The highest BCUT2D eigenvalue weighted by Crippen LogP contribution is 2.19. The third-order valence-corrected chi connectivity index (χ3v) is 2.81. The van der Waals surface area contributed by atoms with Crippen molar-refractivity contribution in [2.24, 2.45) is 0 Å². The van der Waals surface area contributed by atoms with Crippen molar-refractivity contribution in [3.63, 3.8) is 0 Å². The molecule has 1 rings (SSSR count). The molecule has 0 bridgehead atoms. The largest absolute Gasteiger partial charge is 0.444 e. The fourth-order valence-corrected chi connectivity index (χ4v) is 1.78. The normalized spacial score (nSPS) is 12.5. The number of hydrogen-bond acceptors (Lipinski definition) is 3.